The maximum Gasteiger partial charge on any atom is 0.159 e. The molecule has 2 saturated heterocycles. The molecule has 2 heterocycles. The molecule has 2 unspecified atom stereocenters. The summed E-state index contributed by atoms with van der Waals surface area (Å²) in [5.41, 5.74) is 0.636. The Morgan fingerprint density at radius 2 is 2.08 bits per heavy atom. The number of hydrogen-bond acceptors (Lipinski definition) is 5. The average Bonchev–Trinajstić information content (AvgIpc) is 3.15. The molecule has 1 aromatic rings. The fourth-order valence-corrected chi connectivity index (χ4v) is 3.95. The summed E-state index contributed by atoms with van der Waals surface area (Å²) in [4.78, 5) is 16.4. The van der Waals surface area contributed by atoms with E-state index in [1.807, 2.05) is 12.1 Å². The molecular formula is C20H30N2O3. The van der Waals surface area contributed by atoms with Gasteiger partial charge in [0.25, 0.3) is 0 Å². The number of ether oxygens (including phenoxy) is 1. The number of carbonyl (C=O) groups is 1. The number of benzene rings is 1. The van der Waals surface area contributed by atoms with Gasteiger partial charge in [0.2, 0.25) is 0 Å². The summed E-state index contributed by atoms with van der Waals surface area (Å²) in [5, 5.41) is 10.3. The van der Waals surface area contributed by atoms with Crippen molar-refractivity contribution in [1.82, 2.24) is 9.80 Å². The minimum Gasteiger partial charge on any atom is -0.491 e. The first kappa shape index (κ1) is 18.4. The Morgan fingerprint density at radius 3 is 2.84 bits per heavy atom. The largest absolute Gasteiger partial charge is 0.491 e. The highest BCUT2D eigenvalue weighted by Gasteiger charge is 2.27. The van der Waals surface area contributed by atoms with E-state index in [1.54, 1.807) is 19.1 Å². The Labute approximate surface area is 150 Å². The summed E-state index contributed by atoms with van der Waals surface area (Å²) in [5.74, 6) is 0.660. The summed E-state index contributed by atoms with van der Waals surface area (Å²) in [6, 6.07) is 7.79. The standard InChI is InChI=1S/C20H30N2O3/c1-16(23)17-6-4-8-20(12-17)25-15-19(24)14-21-9-5-7-18(13-21)22-10-2-3-11-22/h4,6,8,12,18-19,24H,2-3,5,7,9-11,13-15H2,1H3. The normalized spacial score (nSPS) is 23.5. The Hall–Kier alpha value is -1.43. The molecule has 1 N–H and O–H groups in total. The SMILES string of the molecule is CC(=O)c1cccc(OCC(O)CN2CCCC(N3CCCC3)C2)c1. The van der Waals surface area contributed by atoms with Crippen molar-refractivity contribution in [3.05, 3.63) is 29.8 Å². The Bertz CT molecular complexity index is 572. The van der Waals surface area contributed by atoms with Crippen LogP contribution in [0.1, 0.15) is 43.0 Å². The zero-order valence-corrected chi connectivity index (χ0v) is 15.2. The molecule has 138 valence electrons. The monoisotopic (exact) mass is 346 g/mol. The molecular weight excluding hydrogens is 316 g/mol. The van der Waals surface area contributed by atoms with Crippen LogP contribution in [0.4, 0.5) is 0 Å². The molecule has 0 aromatic heterocycles. The van der Waals surface area contributed by atoms with Crippen LogP contribution in [-0.2, 0) is 0 Å². The van der Waals surface area contributed by atoms with Gasteiger partial charge in [-0.3, -0.25) is 14.6 Å². The molecule has 0 amide bonds. The van der Waals surface area contributed by atoms with E-state index in [4.69, 9.17) is 4.74 Å². The lowest BCUT2D eigenvalue weighted by Crippen LogP contribution is -2.49. The second kappa shape index (κ2) is 8.79. The van der Waals surface area contributed by atoms with Crippen molar-refractivity contribution in [2.75, 3.05) is 39.3 Å². The fourth-order valence-electron chi connectivity index (χ4n) is 3.95. The minimum absolute atomic E-state index is 0.0206. The number of β-amino-alcohol motifs (C(OH)–C–C–N with tert-alkyl or cyclic N) is 1. The van der Waals surface area contributed by atoms with Crippen molar-refractivity contribution in [2.24, 2.45) is 0 Å². The number of rotatable bonds is 7. The van der Waals surface area contributed by atoms with Crippen LogP contribution in [0.3, 0.4) is 0 Å². The first-order valence-electron chi connectivity index (χ1n) is 9.50. The number of Topliss-reactive ketones (excluding diaryl/α,β-unsaturated/α-hetero) is 1. The molecule has 3 rings (SSSR count). The number of nitrogens with zero attached hydrogens (tertiary/aromatic N) is 2. The summed E-state index contributed by atoms with van der Waals surface area (Å²) >= 11 is 0. The van der Waals surface area contributed by atoms with Crippen LogP contribution in [0, 0.1) is 0 Å². The molecule has 25 heavy (non-hydrogen) atoms. The average molecular weight is 346 g/mol. The van der Waals surface area contributed by atoms with E-state index in [1.165, 1.54) is 38.8 Å². The molecule has 2 atom stereocenters. The molecule has 5 nitrogen and oxygen atoms in total. The highest BCUT2D eigenvalue weighted by Crippen LogP contribution is 2.21. The first-order valence-corrected chi connectivity index (χ1v) is 9.50. The number of piperidine rings is 1. The van der Waals surface area contributed by atoms with Gasteiger partial charge in [-0.2, -0.15) is 0 Å². The van der Waals surface area contributed by atoms with Gasteiger partial charge in [0.15, 0.2) is 5.78 Å². The van der Waals surface area contributed by atoms with Gasteiger partial charge in [-0.05, 0) is 64.4 Å². The predicted octanol–water partition coefficient (Wildman–Crippen LogP) is 2.19. The third kappa shape index (κ3) is 5.27. The molecule has 0 spiro atoms. The topological polar surface area (TPSA) is 53.0 Å². The van der Waals surface area contributed by atoms with E-state index in [-0.39, 0.29) is 12.4 Å². The van der Waals surface area contributed by atoms with E-state index >= 15 is 0 Å². The van der Waals surface area contributed by atoms with Crippen LogP contribution in [0.25, 0.3) is 0 Å². The summed E-state index contributed by atoms with van der Waals surface area (Å²) in [7, 11) is 0. The van der Waals surface area contributed by atoms with Gasteiger partial charge >= 0.3 is 0 Å². The zero-order valence-electron chi connectivity index (χ0n) is 15.2. The van der Waals surface area contributed by atoms with E-state index in [0.717, 1.165) is 13.1 Å². The van der Waals surface area contributed by atoms with E-state index in [0.29, 0.717) is 23.9 Å². The van der Waals surface area contributed by atoms with Gasteiger partial charge in [0, 0.05) is 24.7 Å². The van der Waals surface area contributed by atoms with Gasteiger partial charge in [0.1, 0.15) is 18.5 Å². The van der Waals surface area contributed by atoms with Crippen LogP contribution in [0.2, 0.25) is 0 Å². The molecule has 2 aliphatic rings. The second-order valence-electron chi connectivity index (χ2n) is 7.35. The Morgan fingerprint density at radius 1 is 1.28 bits per heavy atom. The van der Waals surface area contributed by atoms with Crippen LogP contribution < -0.4 is 4.74 Å². The minimum atomic E-state index is -0.515. The molecule has 2 aliphatic heterocycles. The highest BCUT2D eigenvalue weighted by molar-refractivity contribution is 5.94. The Balaban J connectivity index is 1.44. The van der Waals surface area contributed by atoms with Crippen molar-refractivity contribution in [1.29, 1.82) is 0 Å². The number of likely N-dealkylation sites (tertiary alicyclic amines) is 2. The summed E-state index contributed by atoms with van der Waals surface area (Å²) in [6.45, 7) is 7.02. The smallest absolute Gasteiger partial charge is 0.159 e. The molecule has 1 aromatic carbocycles. The zero-order chi connectivity index (χ0) is 17.6. The van der Waals surface area contributed by atoms with E-state index in [9.17, 15) is 9.90 Å². The van der Waals surface area contributed by atoms with Gasteiger partial charge in [-0.25, -0.2) is 0 Å². The summed E-state index contributed by atoms with van der Waals surface area (Å²) in [6.07, 6.45) is 4.62. The first-order chi connectivity index (χ1) is 12.1. The van der Waals surface area contributed by atoms with Gasteiger partial charge in [-0.1, -0.05) is 12.1 Å². The molecule has 5 heteroatoms. The summed E-state index contributed by atoms with van der Waals surface area (Å²) < 4.78 is 5.69. The molecule has 2 fully saturated rings. The lowest BCUT2D eigenvalue weighted by molar-refractivity contribution is 0.0416. The van der Waals surface area contributed by atoms with Crippen molar-refractivity contribution >= 4 is 5.78 Å². The van der Waals surface area contributed by atoms with Crippen molar-refractivity contribution in [2.45, 2.75) is 44.8 Å². The third-order valence-corrected chi connectivity index (χ3v) is 5.29. The second-order valence-corrected chi connectivity index (χ2v) is 7.35. The molecule has 0 saturated carbocycles. The lowest BCUT2D eigenvalue weighted by Gasteiger charge is -2.38. The quantitative estimate of drug-likeness (QED) is 0.767. The number of hydrogen-bond donors (Lipinski definition) is 1. The molecule has 0 radical (unpaired) electrons. The van der Waals surface area contributed by atoms with Crippen LogP contribution >= 0.6 is 0 Å². The van der Waals surface area contributed by atoms with Crippen LogP contribution in [-0.4, -0.2) is 72.2 Å². The maximum atomic E-state index is 11.4. The van der Waals surface area contributed by atoms with Gasteiger partial charge < -0.3 is 9.84 Å². The van der Waals surface area contributed by atoms with Crippen LogP contribution in [0.15, 0.2) is 24.3 Å². The van der Waals surface area contributed by atoms with E-state index in [2.05, 4.69) is 9.80 Å². The van der Waals surface area contributed by atoms with Crippen molar-refractivity contribution < 1.29 is 14.6 Å². The predicted molar refractivity (Wildman–Crippen MR) is 98.2 cm³/mol. The third-order valence-electron chi connectivity index (χ3n) is 5.29. The number of aliphatic hydroxyl groups excluding tert-OH is 1. The lowest BCUT2D eigenvalue weighted by atomic mass is 10.0. The van der Waals surface area contributed by atoms with Gasteiger partial charge in [0.05, 0.1) is 0 Å². The molecule has 0 aliphatic carbocycles. The maximum absolute atomic E-state index is 11.4. The van der Waals surface area contributed by atoms with Crippen LogP contribution in [0.5, 0.6) is 5.75 Å². The number of ketones is 1. The fraction of sp³-hybridized carbons (Fsp3) is 0.650. The van der Waals surface area contributed by atoms with E-state index < -0.39 is 6.10 Å². The Kier molecular flexibility index (Phi) is 6.45. The number of carbonyl (C=O) groups excluding carboxylic acids is 1. The number of aliphatic hydroxyl groups is 1. The molecule has 0 bridgehead atoms. The highest BCUT2D eigenvalue weighted by atomic mass is 16.5. The van der Waals surface area contributed by atoms with Gasteiger partial charge in [-0.15, -0.1) is 0 Å². The van der Waals surface area contributed by atoms with Crippen molar-refractivity contribution in [3.63, 3.8) is 0 Å². The van der Waals surface area contributed by atoms with Crippen molar-refractivity contribution in [3.8, 4) is 5.75 Å².